The lowest BCUT2D eigenvalue weighted by molar-refractivity contribution is 0.259. The molecule has 98 valence electrons. The van der Waals surface area contributed by atoms with Crippen molar-refractivity contribution in [3.05, 3.63) is 34.3 Å². The highest BCUT2D eigenvalue weighted by Gasteiger charge is 2.41. The van der Waals surface area contributed by atoms with E-state index in [9.17, 15) is 0 Å². The maximum absolute atomic E-state index is 3.73. The summed E-state index contributed by atoms with van der Waals surface area (Å²) in [7, 11) is 0. The molecule has 0 spiro atoms. The normalized spacial score (nSPS) is 31.8. The largest absolute Gasteiger partial charge is 0.310 e. The molecule has 0 unspecified atom stereocenters. The van der Waals surface area contributed by atoms with Crippen LogP contribution in [-0.4, -0.2) is 6.04 Å². The van der Waals surface area contributed by atoms with Crippen molar-refractivity contribution in [1.29, 1.82) is 0 Å². The lowest BCUT2D eigenvalue weighted by Gasteiger charge is -2.28. The second-order valence-electron chi connectivity index (χ2n) is 6.13. The van der Waals surface area contributed by atoms with Gasteiger partial charge in [0.15, 0.2) is 0 Å². The molecule has 1 aromatic rings. The van der Waals surface area contributed by atoms with Gasteiger partial charge in [-0.3, -0.25) is 0 Å². The minimum Gasteiger partial charge on any atom is -0.310 e. The van der Waals surface area contributed by atoms with Crippen molar-refractivity contribution in [2.45, 2.75) is 45.2 Å². The average molecular weight is 308 g/mol. The minimum absolute atomic E-state index is 0.670. The van der Waals surface area contributed by atoms with Crippen LogP contribution in [0.2, 0.25) is 0 Å². The van der Waals surface area contributed by atoms with Crippen LogP contribution in [-0.2, 0) is 6.54 Å². The summed E-state index contributed by atoms with van der Waals surface area (Å²) in [4.78, 5) is 0. The van der Waals surface area contributed by atoms with Gasteiger partial charge in [-0.2, -0.15) is 0 Å². The topological polar surface area (TPSA) is 12.0 Å². The van der Waals surface area contributed by atoms with Crippen molar-refractivity contribution in [2.24, 2.45) is 17.8 Å². The molecule has 1 aromatic carbocycles. The molecule has 0 radical (unpaired) electrons. The van der Waals surface area contributed by atoms with Gasteiger partial charge in [-0.1, -0.05) is 34.5 Å². The third kappa shape index (κ3) is 2.65. The molecule has 2 fully saturated rings. The van der Waals surface area contributed by atoms with E-state index in [2.05, 4.69) is 52.4 Å². The van der Waals surface area contributed by atoms with E-state index in [-0.39, 0.29) is 0 Å². The number of rotatable bonds is 4. The van der Waals surface area contributed by atoms with Crippen LogP contribution in [0.3, 0.4) is 0 Å². The van der Waals surface area contributed by atoms with Crippen molar-refractivity contribution in [3.8, 4) is 0 Å². The summed E-state index contributed by atoms with van der Waals surface area (Å²) < 4.78 is 1.16. The van der Waals surface area contributed by atoms with Crippen LogP contribution in [0.25, 0.3) is 0 Å². The maximum Gasteiger partial charge on any atom is 0.0208 e. The zero-order chi connectivity index (χ0) is 12.5. The highest BCUT2D eigenvalue weighted by molar-refractivity contribution is 9.10. The van der Waals surface area contributed by atoms with E-state index in [0.29, 0.717) is 6.04 Å². The number of fused-ring (bicyclic) bond motifs is 2. The van der Waals surface area contributed by atoms with Gasteiger partial charge in [0.25, 0.3) is 0 Å². The molecule has 2 aliphatic carbocycles. The number of benzene rings is 1. The number of nitrogens with one attached hydrogen (secondary N) is 1. The molecule has 0 aromatic heterocycles. The highest BCUT2D eigenvalue weighted by atomic mass is 79.9. The van der Waals surface area contributed by atoms with Gasteiger partial charge in [0, 0.05) is 17.1 Å². The van der Waals surface area contributed by atoms with Gasteiger partial charge in [0.05, 0.1) is 0 Å². The summed E-state index contributed by atoms with van der Waals surface area (Å²) in [5.74, 6) is 3.00. The van der Waals surface area contributed by atoms with Gasteiger partial charge < -0.3 is 5.32 Å². The zero-order valence-corrected chi connectivity index (χ0v) is 12.6. The van der Waals surface area contributed by atoms with Gasteiger partial charge in [0.2, 0.25) is 0 Å². The van der Waals surface area contributed by atoms with Crippen LogP contribution < -0.4 is 5.32 Å². The van der Waals surface area contributed by atoms with Crippen LogP contribution in [0.5, 0.6) is 0 Å². The lowest BCUT2D eigenvalue weighted by atomic mass is 9.84. The van der Waals surface area contributed by atoms with E-state index >= 15 is 0 Å². The standard InChI is InChI=1S/C16H22BrN/c1-11(16-9-13-2-5-14(16)8-13)18-10-12-3-6-15(17)7-4-12/h3-4,6-7,11,13-14,16,18H,2,5,8-10H2,1H3/t11-,13+,14+,16+/m0/s1. The summed E-state index contributed by atoms with van der Waals surface area (Å²) >= 11 is 3.48. The van der Waals surface area contributed by atoms with Gasteiger partial charge in [-0.05, 0) is 61.6 Å². The van der Waals surface area contributed by atoms with Crippen LogP contribution in [0.4, 0.5) is 0 Å². The average Bonchev–Trinajstić information content (AvgIpc) is 3.00. The first-order valence-corrected chi connectivity index (χ1v) is 7.99. The summed E-state index contributed by atoms with van der Waals surface area (Å²) in [6.45, 7) is 3.38. The molecular formula is C16H22BrN. The van der Waals surface area contributed by atoms with Gasteiger partial charge >= 0.3 is 0 Å². The number of halogens is 1. The molecule has 18 heavy (non-hydrogen) atoms. The van der Waals surface area contributed by atoms with Crippen molar-refractivity contribution < 1.29 is 0 Å². The predicted octanol–water partition coefficient (Wildman–Crippen LogP) is 4.36. The number of hydrogen-bond donors (Lipinski definition) is 1. The van der Waals surface area contributed by atoms with Crippen molar-refractivity contribution >= 4 is 15.9 Å². The van der Waals surface area contributed by atoms with Crippen molar-refractivity contribution in [1.82, 2.24) is 5.32 Å². The van der Waals surface area contributed by atoms with E-state index in [4.69, 9.17) is 0 Å². The fourth-order valence-electron chi connectivity index (χ4n) is 3.94. The quantitative estimate of drug-likeness (QED) is 0.871. The Morgan fingerprint density at radius 3 is 2.61 bits per heavy atom. The summed E-state index contributed by atoms with van der Waals surface area (Å²) in [6.07, 6.45) is 5.97. The summed E-state index contributed by atoms with van der Waals surface area (Å²) in [5, 5.41) is 3.73. The Hall–Kier alpha value is -0.340. The molecule has 0 aliphatic heterocycles. The Morgan fingerprint density at radius 2 is 2.00 bits per heavy atom. The van der Waals surface area contributed by atoms with Crippen LogP contribution >= 0.6 is 15.9 Å². The second-order valence-corrected chi connectivity index (χ2v) is 7.05. The summed E-state index contributed by atoms with van der Waals surface area (Å²) in [5.41, 5.74) is 1.38. The Kier molecular flexibility index (Phi) is 3.76. The Labute approximate surface area is 118 Å². The molecule has 0 saturated heterocycles. The molecule has 0 amide bonds. The molecule has 2 heteroatoms. The van der Waals surface area contributed by atoms with Crippen LogP contribution in [0.15, 0.2) is 28.7 Å². The smallest absolute Gasteiger partial charge is 0.0208 e. The van der Waals surface area contributed by atoms with Crippen LogP contribution in [0, 0.1) is 17.8 Å². The minimum atomic E-state index is 0.670. The molecule has 0 heterocycles. The van der Waals surface area contributed by atoms with Gasteiger partial charge in [-0.25, -0.2) is 0 Å². The monoisotopic (exact) mass is 307 g/mol. The van der Waals surface area contributed by atoms with Crippen LogP contribution in [0.1, 0.15) is 38.2 Å². The second kappa shape index (κ2) is 5.34. The van der Waals surface area contributed by atoms with Gasteiger partial charge in [-0.15, -0.1) is 0 Å². The maximum atomic E-state index is 3.73. The first kappa shape index (κ1) is 12.7. The SMILES string of the molecule is C[C@H](NCc1ccc(Br)cc1)[C@H]1C[C@@H]2CC[C@@H]1C2. The zero-order valence-electron chi connectivity index (χ0n) is 11.0. The molecule has 1 N–H and O–H groups in total. The predicted molar refractivity (Wildman–Crippen MR) is 79.4 cm³/mol. The molecule has 4 atom stereocenters. The molecule has 2 bridgehead atoms. The first-order valence-electron chi connectivity index (χ1n) is 7.20. The lowest BCUT2D eigenvalue weighted by Crippen LogP contribution is -2.35. The Morgan fingerprint density at radius 1 is 1.22 bits per heavy atom. The molecule has 3 rings (SSSR count). The van der Waals surface area contributed by atoms with E-state index in [1.165, 1.54) is 31.2 Å². The summed E-state index contributed by atoms with van der Waals surface area (Å²) in [6, 6.07) is 9.32. The molecular weight excluding hydrogens is 286 g/mol. The fourth-order valence-corrected chi connectivity index (χ4v) is 4.20. The Balaban J connectivity index is 1.52. The van der Waals surface area contributed by atoms with Crippen molar-refractivity contribution in [3.63, 3.8) is 0 Å². The molecule has 1 nitrogen and oxygen atoms in total. The first-order chi connectivity index (χ1) is 8.72. The van der Waals surface area contributed by atoms with E-state index in [1.54, 1.807) is 0 Å². The highest BCUT2D eigenvalue weighted by Crippen LogP contribution is 2.49. The van der Waals surface area contributed by atoms with Gasteiger partial charge in [0.1, 0.15) is 0 Å². The molecule has 2 saturated carbocycles. The third-order valence-electron chi connectivity index (χ3n) is 4.98. The third-order valence-corrected chi connectivity index (χ3v) is 5.51. The van der Waals surface area contributed by atoms with E-state index in [1.807, 2.05) is 0 Å². The number of hydrogen-bond acceptors (Lipinski definition) is 1. The molecule has 2 aliphatic rings. The van der Waals surface area contributed by atoms with E-state index < -0.39 is 0 Å². The Bertz CT molecular complexity index is 400. The van der Waals surface area contributed by atoms with E-state index in [0.717, 1.165) is 28.8 Å². The van der Waals surface area contributed by atoms with Crippen molar-refractivity contribution in [2.75, 3.05) is 0 Å². The fraction of sp³-hybridized carbons (Fsp3) is 0.625.